The number of rotatable bonds is 3. The van der Waals surface area contributed by atoms with Crippen LogP contribution in [0.15, 0.2) is 16.8 Å². The molecule has 1 aliphatic heterocycles. The molecular weight excluding hydrogens is 304 g/mol. The number of nitrogens with zero attached hydrogens (tertiary/aromatic N) is 4. The molecule has 0 radical (unpaired) electrons. The summed E-state index contributed by atoms with van der Waals surface area (Å²) in [5, 5.41) is 8.62. The van der Waals surface area contributed by atoms with Gasteiger partial charge in [-0.3, -0.25) is 9.48 Å². The van der Waals surface area contributed by atoms with E-state index in [-0.39, 0.29) is 17.4 Å². The van der Waals surface area contributed by atoms with Crippen LogP contribution in [-0.2, 0) is 11.8 Å². The third-order valence-corrected chi connectivity index (χ3v) is 4.32. The summed E-state index contributed by atoms with van der Waals surface area (Å²) in [6.07, 6.45) is 4.44. The zero-order chi connectivity index (χ0) is 17.5. The summed E-state index contributed by atoms with van der Waals surface area (Å²) in [5.41, 5.74) is 2.66. The van der Waals surface area contributed by atoms with E-state index >= 15 is 0 Å². The largest absolute Gasteiger partial charge is 0.356 e. The lowest BCUT2D eigenvalue weighted by atomic mass is 9.91. The van der Waals surface area contributed by atoms with Crippen LogP contribution in [0.25, 0.3) is 11.3 Å². The predicted molar refractivity (Wildman–Crippen MR) is 91.2 cm³/mol. The van der Waals surface area contributed by atoms with Crippen molar-refractivity contribution in [2.45, 2.75) is 53.0 Å². The minimum absolute atomic E-state index is 0.0147. The van der Waals surface area contributed by atoms with E-state index in [0.717, 1.165) is 36.3 Å². The first kappa shape index (κ1) is 16.7. The van der Waals surface area contributed by atoms with E-state index in [1.54, 1.807) is 4.68 Å². The highest BCUT2D eigenvalue weighted by atomic mass is 16.5. The van der Waals surface area contributed by atoms with Crippen molar-refractivity contribution >= 4 is 5.91 Å². The van der Waals surface area contributed by atoms with Crippen molar-refractivity contribution in [3.63, 3.8) is 0 Å². The van der Waals surface area contributed by atoms with Gasteiger partial charge >= 0.3 is 0 Å². The Balaban J connectivity index is 1.92. The third kappa shape index (κ3) is 3.37. The second-order valence-corrected chi connectivity index (χ2v) is 7.92. The lowest BCUT2D eigenvalue weighted by Gasteiger charge is -2.27. The average Bonchev–Trinajstić information content (AvgIpc) is 3.14. The molecule has 0 spiro atoms. The van der Waals surface area contributed by atoms with Gasteiger partial charge in [0.2, 0.25) is 5.91 Å². The van der Waals surface area contributed by atoms with Crippen LogP contribution in [0.4, 0.5) is 0 Å². The van der Waals surface area contributed by atoms with Crippen LogP contribution in [-0.4, -0.2) is 32.3 Å². The van der Waals surface area contributed by atoms with Gasteiger partial charge in [-0.1, -0.05) is 25.9 Å². The highest BCUT2D eigenvalue weighted by Crippen LogP contribution is 2.38. The lowest BCUT2D eigenvalue weighted by molar-refractivity contribution is -0.134. The number of hydrogen-bond acceptors (Lipinski definition) is 4. The van der Waals surface area contributed by atoms with Crippen LogP contribution in [0, 0.1) is 12.3 Å². The SMILES string of the molecule is Cc1cc(-c2cn(C)nc2[C@@H]2CCCN2C(=O)CC(C)(C)C)on1. The van der Waals surface area contributed by atoms with Crippen LogP contribution in [0.3, 0.4) is 0 Å². The van der Waals surface area contributed by atoms with Gasteiger partial charge in [0.05, 0.1) is 23.0 Å². The van der Waals surface area contributed by atoms with Gasteiger partial charge in [0, 0.05) is 32.3 Å². The molecule has 1 fully saturated rings. The van der Waals surface area contributed by atoms with Crippen molar-refractivity contribution in [2.75, 3.05) is 6.54 Å². The first-order valence-electron chi connectivity index (χ1n) is 8.51. The number of hydrogen-bond donors (Lipinski definition) is 0. The van der Waals surface area contributed by atoms with Crippen molar-refractivity contribution < 1.29 is 9.32 Å². The Morgan fingerprint density at radius 1 is 1.42 bits per heavy atom. The van der Waals surface area contributed by atoms with Crippen LogP contribution in [0.2, 0.25) is 0 Å². The fraction of sp³-hybridized carbons (Fsp3) is 0.611. The van der Waals surface area contributed by atoms with Crippen molar-refractivity contribution in [1.29, 1.82) is 0 Å². The molecule has 0 saturated carbocycles. The number of carbonyl (C=O) groups is 1. The quantitative estimate of drug-likeness (QED) is 0.864. The maximum Gasteiger partial charge on any atom is 0.223 e. The molecule has 1 saturated heterocycles. The molecule has 0 aliphatic carbocycles. The van der Waals surface area contributed by atoms with E-state index in [4.69, 9.17) is 4.52 Å². The minimum atomic E-state index is -0.0147. The molecule has 1 amide bonds. The summed E-state index contributed by atoms with van der Waals surface area (Å²) in [5.74, 6) is 0.918. The Hall–Kier alpha value is -2.11. The molecule has 1 atom stereocenters. The molecule has 1 aliphatic rings. The summed E-state index contributed by atoms with van der Waals surface area (Å²) in [7, 11) is 1.90. The van der Waals surface area contributed by atoms with Gasteiger partial charge in [-0.15, -0.1) is 0 Å². The van der Waals surface area contributed by atoms with Gasteiger partial charge in [-0.2, -0.15) is 5.10 Å². The van der Waals surface area contributed by atoms with Gasteiger partial charge in [-0.25, -0.2) is 0 Å². The van der Waals surface area contributed by atoms with Crippen LogP contribution < -0.4 is 0 Å². The van der Waals surface area contributed by atoms with Crippen molar-refractivity contribution in [2.24, 2.45) is 12.5 Å². The molecule has 3 rings (SSSR count). The molecule has 0 bridgehead atoms. The standard InChI is InChI=1S/C18H26N4O2/c1-12-9-15(24-20-12)13-11-21(5)19-17(13)14-7-6-8-22(14)16(23)10-18(2,3)4/h9,11,14H,6-8,10H2,1-5H3/t14-/m0/s1. The number of likely N-dealkylation sites (tertiary alicyclic amines) is 1. The summed E-state index contributed by atoms with van der Waals surface area (Å²) < 4.78 is 7.22. The summed E-state index contributed by atoms with van der Waals surface area (Å²) in [6, 6.07) is 1.93. The highest BCUT2D eigenvalue weighted by molar-refractivity contribution is 5.78. The molecular formula is C18H26N4O2. The van der Waals surface area contributed by atoms with Gasteiger partial charge in [0.25, 0.3) is 0 Å². The van der Waals surface area contributed by atoms with E-state index in [9.17, 15) is 4.79 Å². The first-order valence-corrected chi connectivity index (χ1v) is 8.51. The maximum absolute atomic E-state index is 12.8. The number of amides is 1. The predicted octanol–water partition coefficient (Wildman–Crippen LogP) is 3.48. The van der Waals surface area contributed by atoms with Crippen molar-refractivity contribution in [1.82, 2.24) is 19.8 Å². The topological polar surface area (TPSA) is 64.2 Å². The normalized spacial score (nSPS) is 18.4. The average molecular weight is 330 g/mol. The molecule has 0 aromatic carbocycles. The molecule has 6 heteroatoms. The second-order valence-electron chi connectivity index (χ2n) is 7.92. The summed E-state index contributed by atoms with van der Waals surface area (Å²) >= 11 is 0. The Morgan fingerprint density at radius 3 is 2.79 bits per heavy atom. The molecule has 3 heterocycles. The highest BCUT2D eigenvalue weighted by Gasteiger charge is 2.35. The third-order valence-electron chi connectivity index (χ3n) is 4.32. The van der Waals surface area contributed by atoms with E-state index in [1.807, 2.05) is 31.1 Å². The molecule has 0 unspecified atom stereocenters. The summed E-state index contributed by atoms with van der Waals surface area (Å²) in [6.45, 7) is 8.99. The molecule has 0 N–H and O–H groups in total. The summed E-state index contributed by atoms with van der Waals surface area (Å²) in [4.78, 5) is 14.7. The first-order chi connectivity index (χ1) is 11.2. The van der Waals surface area contributed by atoms with Crippen molar-refractivity contribution in [3.8, 4) is 11.3 Å². The van der Waals surface area contributed by atoms with E-state index in [0.29, 0.717) is 12.2 Å². The zero-order valence-corrected chi connectivity index (χ0v) is 15.2. The Kier molecular flexibility index (Phi) is 4.24. The van der Waals surface area contributed by atoms with E-state index in [2.05, 4.69) is 31.0 Å². The second kappa shape index (κ2) is 6.07. The maximum atomic E-state index is 12.8. The molecule has 6 nitrogen and oxygen atoms in total. The van der Waals surface area contributed by atoms with Gasteiger partial charge < -0.3 is 9.42 Å². The van der Waals surface area contributed by atoms with E-state index in [1.165, 1.54) is 0 Å². The smallest absolute Gasteiger partial charge is 0.223 e. The Bertz CT molecular complexity index is 739. The molecule has 2 aromatic rings. The minimum Gasteiger partial charge on any atom is -0.356 e. The molecule has 24 heavy (non-hydrogen) atoms. The van der Waals surface area contributed by atoms with Gasteiger partial charge in [0.15, 0.2) is 5.76 Å². The van der Waals surface area contributed by atoms with Crippen LogP contribution in [0.1, 0.15) is 57.5 Å². The monoisotopic (exact) mass is 330 g/mol. The lowest BCUT2D eigenvalue weighted by Crippen LogP contribution is -2.33. The number of aromatic nitrogens is 3. The zero-order valence-electron chi connectivity index (χ0n) is 15.2. The fourth-order valence-corrected chi connectivity index (χ4v) is 3.34. The van der Waals surface area contributed by atoms with Gasteiger partial charge in [0.1, 0.15) is 0 Å². The molecule has 130 valence electrons. The number of carbonyl (C=O) groups excluding carboxylic acids is 1. The Morgan fingerprint density at radius 2 is 2.17 bits per heavy atom. The van der Waals surface area contributed by atoms with Gasteiger partial charge in [-0.05, 0) is 25.2 Å². The van der Waals surface area contributed by atoms with Crippen LogP contribution >= 0.6 is 0 Å². The van der Waals surface area contributed by atoms with Crippen LogP contribution in [0.5, 0.6) is 0 Å². The van der Waals surface area contributed by atoms with E-state index < -0.39 is 0 Å². The van der Waals surface area contributed by atoms with Crippen molar-refractivity contribution in [3.05, 3.63) is 23.7 Å². The Labute approximate surface area is 142 Å². The fourth-order valence-electron chi connectivity index (χ4n) is 3.34. The molecule has 2 aromatic heterocycles. The number of aryl methyl sites for hydroxylation is 2.